The molecular weight excluding hydrogens is 279 g/mol. The fourth-order valence-corrected chi connectivity index (χ4v) is 2.08. The summed E-state index contributed by atoms with van der Waals surface area (Å²) in [5.41, 5.74) is 0.435. The molecule has 4 heteroatoms. The van der Waals surface area contributed by atoms with Crippen LogP contribution >= 0.6 is 31.9 Å². The lowest BCUT2D eigenvalue weighted by Crippen LogP contribution is -1.87. The molecule has 0 aliphatic rings. The Kier molecular flexibility index (Phi) is 2.90. The first-order valence-electron chi connectivity index (χ1n) is 2.88. The average Bonchev–Trinajstić information content (AvgIpc) is 1.99. The Morgan fingerprint density at radius 1 is 1.45 bits per heavy atom. The number of phenols is 1. The van der Waals surface area contributed by atoms with Crippen LogP contribution < -0.4 is 0 Å². The van der Waals surface area contributed by atoms with Gasteiger partial charge in [-0.3, -0.25) is 0 Å². The van der Waals surface area contributed by atoms with E-state index >= 15 is 0 Å². The van der Waals surface area contributed by atoms with Gasteiger partial charge in [0.25, 0.3) is 0 Å². The maximum Gasteiger partial charge on any atom is 0.169 e. The highest BCUT2D eigenvalue weighted by Gasteiger charge is 2.09. The molecular formula is C7H5Br2FO. The van der Waals surface area contributed by atoms with E-state index < -0.39 is 5.82 Å². The lowest BCUT2D eigenvalue weighted by Gasteiger charge is -2.02. The molecule has 0 atom stereocenters. The quantitative estimate of drug-likeness (QED) is 0.785. The molecule has 1 aromatic carbocycles. The first kappa shape index (κ1) is 9.00. The molecule has 0 aromatic heterocycles. The Labute approximate surface area is 80.5 Å². The molecule has 0 saturated heterocycles. The molecule has 0 aliphatic heterocycles. The third-order valence-electron chi connectivity index (χ3n) is 1.30. The monoisotopic (exact) mass is 282 g/mol. The van der Waals surface area contributed by atoms with E-state index in [4.69, 9.17) is 5.11 Å². The van der Waals surface area contributed by atoms with Crippen molar-refractivity contribution in [2.75, 3.05) is 0 Å². The second-order valence-electron chi connectivity index (χ2n) is 1.99. The van der Waals surface area contributed by atoms with Crippen LogP contribution in [0.2, 0.25) is 0 Å². The van der Waals surface area contributed by atoms with Crippen LogP contribution in [0.4, 0.5) is 4.39 Å². The Morgan fingerprint density at radius 3 is 2.55 bits per heavy atom. The summed E-state index contributed by atoms with van der Waals surface area (Å²) in [4.78, 5) is 0. The minimum atomic E-state index is -0.573. The molecule has 1 rings (SSSR count). The summed E-state index contributed by atoms with van der Waals surface area (Å²) < 4.78 is 13.6. The normalized spacial score (nSPS) is 10.1. The number of benzene rings is 1. The highest BCUT2D eigenvalue weighted by molar-refractivity contribution is 9.10. The predicted octanol–water partition coefficient (Wildman–Crippen LogP) is 3.19. The van der Waals surface area contributed by atoms with Gasteiger partial charge in [0, 0.05) is 15.4 Å². The van der Waals surface area contributed by atoms with E-state index in [1.54, 1.807) is 6.07 Å². The molecule has 0 aliphatic carbocycles. The van der Waals surface area contributed by atoms with Gasteiger partial charge in [-0.15, -0.1) is 0 Å². The van der Waals surface area contributed by atoms with Gasteiger partial charge in [0.05, 0.1) is 0 Å². The lowest BCUT2D eigenvalue weighted by molar-refractivity contribution is 0.429. The smallest absolute Gasteiger partial charge is 0.169 e. The summed E-state index contributed by atoms with van der Waals surface area (Å²) in [7, 11) is 0. The van der Waals surface area contributed by atoms with E-state index in [1.165, 1.54) is 6.07 Å². The van der Waals surface area contributed by atoms with E-state index in [0.29, 0.717) is 15.4 Å². The van der Waals surface area contributed by atoms with Crippen LogP contribution in [0.3, 0.4) is 0 Å². The van der Waals surface area contributed by atoms with Crippen molar-refractivity contribution < 1.29 is 9.50 Å². The van der Waals surface area contributed by atoms with Crippen molar-refractivity contribution in [1.82, 2.24) is 0 Å². The van der Waals surface area contributed by atoms with Gasteiger partial charge in [0.1, 0.15) is 0 Å². The molecule has 0 heterocycles. The molecule has 0 unspecified atom stereocenters. The number of hydrogen-bond donors (Lipinski definition) is 1. The molecule has 1 nitrogen and oxygen atoms in total. The van der Waals surface area contributed by atoms with Crippen LogP contribution in [0.5, 0.6) is 5.75 Å². The number of phenolic OH excluding ortho intramolecular Hbond substituents is 1. The summed E-state index contributed by atoms with van der Waals surface area (Å²) in [6, 6.07) is 2.92. The van der Waals surface area contributed by atoms with Crippen molar-refractivity contribution in [1.29, 1.82) is 0 Å². The highest BCUT2D eigenvalue weighted by atomic mass is 79.9. The van der Waals surface area contributed by atoms with Crippen molar-refractivity contribution in [3.63, 3.8) is 0 Å². The topological polar surface area (TPSA) is 20.2 Å². The number of alkyl halides is 1. The second-order valence-corrected chi connectivity index (χ2v) is 3.41. The van der Waals surface area contributed by atoms with Crippen molar-refractivity contribution in [3.05, 3.63) is 28.0 Å². The first-order valence-corrected chi connectivity index (χ1v) is 4.80. The van der Waals surface area contributed by atoms with Crippen molar-refractivity contribution in [2.45, 2.75) is 5.33 Å². The van der Waals surface area contributed by atoms with Gasteiger partial charge in [-0.05, 0) is 12.1 Å². The van der Waals surface area contributed by atoms with Gasteiger partial charge in [-0.25, -0.2) is 4.39 Å². The Balaban J connectivity index is 3.29. The van der Waals surface area contributed by atoms with E-state index in [2.05, 4.69) is 31.9 Å². The van der Waals surface area contributed by atoms with Crippen molar-refractivity contribution >= 4 is 31.9 Å². The SMILES string of the molecule is Oc1ccc(Br)c(CBr)c1F. The zero-order valence-electron chi connectivity index (χ0n) is 5.44. The van der Waals surface area contributed by atoms with Gasteiger partial charge in [0.15, 0.2) is 11.6 Å². The second kappa shape index (κ2) is 3.54. The fourth-order valence-electron chi connectivity index (χ4n) is 0.708. The summed E-state index contributed by atoms with van der Waals surface area (Å²) in [5, 5.41) is 9.32. The minimum absolute atomic E-state index is 0.317. The first-order chi connectivity index (χ1) is 5.16. The summed E-state index contributed by atoms with van der Waals surface area (Å²) >= 11 is 6.27. The third kappa shape index (κ3) is 1.73. The zero-order valence-corrected chi connectivity index (χ0v) is 8.61. The molecule has 11 heavy (non-hydrogen) atoms. The molecule has 0 saturated carbocycles. The van der Waals surface area contributed by atoms with Crippen molar-refractivity contribution in [2.24, 2.45) is 0 Å². The third-order valence-corrected chi connectivity index (χ3v) is 2.60. The number of aromatic hydroxyl groups is 1. The highest BCUT2D eigenvalue weighted by Crippen LogP contribution is 2.27. The molecule has 0 radical (unpaired) electrons. The average molecular weight is 284 g/mol. The van der Waals surface area contributed by atoms with Crippen LogP contribution in [0, 0.1) is 5.82 Å². The van der Waals surface area contributed by atoms with E-state index in [1.807, 2.05) is 0 Å². The Morgan fingerprint density at radius 2 is 2.09 bits per heavy atom. The summed E-state index contributed by atoms with van der Waals surface area (Å²) in [6.07, 6.45) is 0. The van der Waals surface area contributed by atoms with Crippen LogP contribution in [0.15, 0.2) is 16.6 Å². The maximum atomic E-state index is 13.0. The summed E-state index contributed by atoms with van der Waals surface area (Å²) in [6.45, 7) is 0. The van der Waals surface area contributed by atoms with E-state index in [-0.39, 0.29) is 5.75 Å². The van der Waals surface area contributed by atoms with Crippen LogP contribution in [0.25, 0.3) is 0 Å². The van der Waals surface area contributed by atoms with Gasteiger partial charge < -0.3 is 5.11 Å². The number of halogens is 3. The van der Waals surface area contributed by atoms with Gasteiger partial charge in [0.2, 0.25) is 0 Å². The predicted molar refractivity (Wildman–Crippen MR) is 48.4 cm³/mol. The van der Waals surface area contributed by atoms with E-state index in [0.717, 1.165) is 0 Å². The molecule has 1 N–H and O–H groups in total. The molecule has 0 bridgehead atoms. The maximum absolute atomic E-state index is 13.0. The molecule has 60 valence electrons. The van der Waals surface area contributed by atoms with Crippen molar-refractivity contribution in [3.8, 4) is 5.75 Å². The van der Waals surface area contributed by atoms with Gasteiger partial charge >= 0.3 is 0 Å². The minimum Gasteiger partial charge on any atom is -0.505 e. The molecule has 0 fully saturated rings. The van der Waals surface area contributed by atoms with Gasteiger partial charge in [-0.1, -0.05) is 31.9 Å². The lowest BCUT2D eigenvalue weighted by atomic mass is 10.2. The van der Waals surface area contributed by atoms with Crippen LogP contribution in [-0.2, 0) is 5.33 Å². The number of rotatable bonds is 1. The Hall–Kier alpha value is -0.0900. The summed E-state index contributed by atoms with van der Waals surface area (Å²) in [5.74, 6) is -0.890. The largest absolute Gasteiger partial charge is 0.505 e. The zero-order chi connectivity index (χ0) is 8.43. The molecule has 0 spiro atoms. The molecule has 0 amide bonds. The van der Waals surface area contributed by atoms with E-state index in [9.17, 15) is 4.39 Å². The molecule has 1 aromatic rings. The van der Waals surface area contributed by atoms with Gasteiger partial charge in [-0.2, -0.15) is 0 Å². The van der Waals surface area contributed by atoms with Crippen LogP contribution in [-0.4, -0.2) is 5.11 Å². The Bertz CT molecular complexity index is 275. The standard InChI is InChI=1S/C7H5Br2FO/c8-3-4-5(9)1-2-6(11)7(4)10/h1-2,11H,3H2. The fraction of sp³-hybridized carbons (Fsp3) is 0.143. The number of hydrogen-bond acceptors (Lipinski definition) is 1. The van der Waals surface area contributed by atoms with Crippen LogP contribution in [0.1, 0.15) is 5.56 Å².